The predicted octanol–water partition coefficient (Wildman–Crippen LogP) is 2.21. The van der Waals surface area contributed by atoms with Crippen LogP contribution in [0, 0.1) is 5.92 Å². The molecule has 2 rings (SSSR count). The quantitative estimate of drug-likeness (QED) is 0.810. The van der Waals surface area contributed by atoms with Gasteiger partial charge in [0.2, 0.25) is 0 Å². The summed E-state index contributed by atoms with van der Waals surface area (Å²) in [5, 5.41) is 10.1. The van der Waals surface area contributed by atoms with Crippen molar-refractivity contribution >= 4 is 5.91 Å². The van der Waals surface area contributed by atoms with E-state index in [4.69, 9.17) is 0 Å². The van der Waals surface area contributed by atoms with E-state index >= 15 is 0 Å². The number of nitrogens with one attached hydrogen (secondary N) is 2. The van der Waals surface area contributed by atoms with Crippen molar-refractivity contribution in [2.75, 3.05) is 19.6 Å². The van der Waals surface area contributed by atoms with E-state index in [0.29, 0.717) is 24.2 Å². The first-order chi connectivity index (χ1) is 10.1. The Bertz CT molecular complexity index is 449. The van der Waals surface area contributed by atoms with Gasteiger partial charge in [-0.2, -0.15) is 5.10 Å². The zero-order chi connectivity index (χ0) is 15.2. The fourth-order valence-corrected chi connectivity index (χ4v) is 3.02. The molecule has 0 radical (unpaired) electrons. The first-order valence-corrected chi connectivity index (χ1v) is 8.18. The Morgan fingerprint density at radius 1 is 1.43 bits per heavy atom. The highest BCUT2D eigenvalue weighted by Gasteiger charge is 2.25. The van der Waals surface area contributed by atoms with Crippen LogP contribution in [0.1, 0.15) is 56.2 Å². The number of aromatic amines is 1. The Balaban J connectivity index is 1.88. The van der Waals surface area contributed by atoms with E-state index in [0.717, 1.165) is 31.6 Å². The van der Waals surface area contributed by atoms with Crippen molar-refractivity contribution < 1.29 is 4.79 Å². The van der Waals surface area contributed by atoms with Crippen LogP contribution in [0.4, 0.5) is 0 Å². The van der Waals surface area contributed by atoms with Crippen molar-refractivity contribution in [3.05, 3.63) is 17.5 Å². The molecule has 0 aliphatic carbocycles. The third-order valence-corrected chi connectivity index (χ3v) is 4.23. The van der Waals surface area contributed by atoms with Gasteiger partial charge in [0.25, 0.3) is 5.91 Å². The molecule has 118 valence electrons. The summed E-state index contributed by atoms with van der Waals surface area (Å²) in [4.78, 5) is 14.7. The van der Waals surface area contributed by atoms with Gasteiger partial charge in [-0.15, -0.1) is 0 Å². The summed E-state index contributed by atoms with van der Waals surface area (Å²) in [5.41, 5.74) is 1.53. The molecule has 1 atom stereocenters. The Kier molecular flexibility index (Phi) is 5.79. The highest BCUT2D eigenvalue weighted by atomic mass is 16.1. The highest BCUT2D eigenvalue weighted by molar-refractivity contribution is 5.92. The van der Waals surface area contributed by atoms with Gasteiger partial charge in [0.1, 0.15) is 5.69 Å². The molecule has 1 saturated heterocycles. The summed E-state index contributed by atoms with van der Waals surface area (Å²) in [6.45, 7) is 9.58. The number of nitrogens with zero attached hydrogens (tertiary/aromatic N) is 2. The maximum atomic E-state index is 12.2. The topological polar surface area (TPSA) is 61.0 Å². The van der Waals surface area contributed by atoms with Gasteiger partial charge in [0.15, 0.2) is 0 Å². The maximum absolute atomic E-state index is 12.2. The fraction of sp³-hybridized carbons (Fsp3) is 0.750. The minimum atomic E-state index is -0.0709. The molecule has 2 heterocycles. The Morgan fingerprint density at radius 2 is 2.14 bits per heavy atom. The van der Waals surface area contributed by atoms with E-state index in [-0.39, 0.29) is 5.91 Å². The molecular formula is C16H28N4O. The lowest BCUT2D eigenvalue weighted by atomic mass is 10.0. The number of hydrogen-bond donors (Lipinski definition) is 2. The van der Waals surface area contributed by atoms with Crippen molar-refractivity contribution in [2.45, 2.75) is 52.5 Å². The minimum Gasteiger partial charge on any atom is -0.349 e. The lowest BCUT2D eigenvalue weighted by Crippen LogP contribution is -2.45. The smallest absolute Gasteiger partial charge is 0.271 e. The maximum Gasteiger partial charge on any atom is 0.271 e. The molecule has 1 aromatic rings. The van der Waals surface area contributed by atoms with Crippen molar-refractivity contribution in [2.24, 2.45) is 5.92 Å². The molecule has 5 heteroatoms. The summed E-state index contributed by atoms with van der Waals surface area (Å²) in [7, 11) is 0. The number of carbonyl (C=O) groups is 1. The number of hydrogen-bond acceptors (Lipinski definition) is 3. The molecule has 0 aromatic carbocycles. The molecule has 2 N–H and O–H groups in total. The van der Waals surface area contributed by atoms with Crippen LogP contribution >= 0.6 is 0 Å². The molecule has 0 spiro atoms. The summed E-state index contributed by atoms with van der Waals surface area (Å²) >= 11 is 0. The van der Waals surface area contributed by atoms with Crippen molar-refractivity contribution in [3.63, 3.8) is 0 Å². The largest absolute Gasteiger partial charge is 0.349 e. The average Bonchev–Trinajstić information content (AvgIpc) is 3.10. The van der Waals surface area contributed by atoms with Crippen LogP contribution < -0.4 is 5.32 Å². The van der Waals surface area contributed by atoms with E-state index in [2.05, 4.69) is 41.2 Å². The number of amides is 1. The van der Waals surface area contributed by atoms with Crippen LogP contribution in [0.25, 0.3) is 0 Å². The van der Waals surface area contributed by atoms with Crippen LogP contribution in [0.3, 0.4) is 0 Å². The molecule has 0 bridgehead atoms. The summed E-state index contributed by atoms with van der Waals surface area (Å²) < 4.78 is 0. The molecule has 0 saturated carbocycles. The average molecular weight is 292 g/mol. The second kappa shape index (κ2) is 7.59. The van der Waals surface area contributed by atoms with Gasteiger partial charge in [-0.3, -0.25) is 14.8 Å². The molecule has 1 aliphatic heterocycles. The summed E-state index contributed by atoms with van der Waals surface area (Å²) in [6, 6.07) is 2.28. The van der Waals surface area contributed by atoms with E-state index in [1.165, 1.54) is 12.8 Å². The number of rotatable bonds is 7. The van der Waals surface area contributed by atoms with Gasteiger partial charge in [0, 0.05) is 18.3 Å². The summed E-state index contributed by atoms with van der Waals surface area (Å²) in [6.07, 6.45) is 4.53. The second-order valence-electron chi connectivity index (χ2n) is 6.29. The lowest BCUT2D eigenvalue weighted by Gasteiger charge is -2.30. The number of aryl methyl sites for hydroxylation is 1. The highest BCUT2D eigenvalue weighted by Crippen LogP contribution is 2.17. The monoisotopic (exact) mass is 292 g/mol. The van der Waals surface area contributed by atoms with Crippen LogP contribution in [-0.2, 0) is 6.42 Å². The zero-order valence-corrected chi connectivity index (χ0v) is 13.5. The fourth-order valence-electron chi connectivity index (χ4n) is 3.02. The van der Waals surface area contributed by atoms with E-state index in [1.54, 1.807) is 0 Å². The minimum absolute atomic E-state index is 0.0709. The predicted molar refractivity (Wildman–Crippen MR) is 84.3 cm³/mol. The Labute approximate surface area is 127 Å². The molecule has 21 heavy (non-hydrogen) atoms. The van der Waals surface area contributed by atoms with Gasteiger partial charge < -0.3 is 5.32 Å². The van der Waals surface area contributed by atoms with Crippen molar-refractivity contribution in [3.8, 4) is 0 Å². The molecule has 0 unspecified atom stereocenters. The first kappa shape index (κ1) is 16.0. The van der Waals surface area contributed by atoms with Gasteiger partial charge in [-0.25, -0.2) is 0 Å². The van der Waals surface area contributed by atoms with Crippen LogP contribution in [0.2, 0.25) is 0 Å². The van der Waals surface area contributed by atoms with E-state index < -0.39 is 0 Å². The summed E-state index contributed by atoms with van der Waals surface area (Å²) in [5.74, 6) is 0.469. The Morgan fingerprint density at radius 3 is 2.76 bits per heavy atom. The number of carbonyl (C=O) groups excluding carboxylic acids is 1. The van der Waals surface area contributed by atoms with Crippen LogP contribution in [-0.4, -0.2) is 46.7 Å². The van der Waals surface area contributed by atoms with E-state index in [1.807, 2.05) is 6.07 Å². The van der Waals surface area contributed by atoms with Crippen LogP contribution in [0.5, 0.6) is 0 Å². The molecule has 1 aromatic heterocycles. The SMILES string of the molecule is CCCc1cc(C(=O)NC[C@@H](C(C)C)N2CCCC2)n[nH]1. The third-order valence-electron chi connectivity index (χ3n) is 4.23. The normalized spacial score (nSPS) is 17.3. The number of likely N-dealkylation sites (tertiary alicyclic amines) is 1. The van der Waals surface area contributed by atoms with Crippen molar-refractivity contribution in [1.29, 1.82) is 0 Å². The molecule has 5 nitrogen and oxygen atoms in total. The van der Waals surface area contributed by atoms with Gasteiger partial charge >= 0.3 is 0 Å². The Hall–Kier alpha value is -1.36. The van der Waals surface area contributed by atoms with Crippen molar-refractivity contribution in [1.82, 2.24) is 20.4 Å². The molecular weight excluding hydrogens is 264 g/mol. The number of aromatic nitrogens is 2. The second-order valence-corrected chi connectivity index (χ2v) is 6.29. The van der Waals surface area contributed by atoms with E-state index in [9.17, 15) is 4.79 Å². The van der Waals surface area contributed by atoms with Gasteiger partial charge in [0.05, 0.1) is 0 Å². The van der Waals surface area contributed by atoms with Gasteiger partial charge in [-0.05, 0) is 44.3 Å². The third kappa shape index (κ3) is 4.30. The molecule has 1 aliphatic rings. The number of H-pyrrole nitrogens is 1. The van der Waals surface area contributed by atoms with Crippen LogP contribution in [0.15, 0.2) is 6.07 Å². The lowest BCUT2D eigenvalue weighted by molar-refractivity contribution is 0.0922. The standard InChI is InChI=1S/C16H28N4O/c1-4-7-13-10-14(19-18-13)16(21)17-11-15(12(2)3)20-8-5-6-9-20/h10,12,15H,4-9,11H2,1-3H3,(H,17,21)(H,18,19)/t15-/m0/s1. The molecule has 1 fully saturated rings. The van der Waals surface area contributed by atoms with Gasteiger partial charge in [-0.1, -0.05) is 27.2 Å². The molecule has 1 amide bonds. The zero-order valence-electron chi connectivity index (χ0n) is 13.5. The first-order valence-electron chi connectivity index (χ1n) is 8.18.